The van der Waals surface area contributed by atoms with Crippen LogP contribution in [-0.2, 0) is 0 Å². The SMILES string of the molecule is CC1CNCCC1NC(=O)c1n[nH]c2ccc(Br)cc12.Cl. The molecule has 2 atom stereocenters. The number of hydrogen-bond acceptors (Lipinski definition) is 3. The monoisotopic (exact) mass is 372 g/mol. The standard InChI is InChI=1S/C14H17BrN4O.ClH/c1-8-7-16-5-4-11(8)17-14(20)13-10-6-9(15)2-3-12(10)18-19-13;/h2-3,6,8,11,16H,4-5,7H2,1H3,(H,17,20)(H,18,19);1H. The fourth-order valence-electron chi connectivity index (χ4n) is 2.62. The van der Waals surface area contributed by atoms with Crippen molar-refractivity contribution in [2.24, 2.45) is 5.92 Å². The van der Waals surface area contributed by atoms with Crippen molar-refractivity contribution in [3.05, 3.63) is 28.4 Å². The lowest BCUT2D eigenvalue weighted by atomic mass is 9.95. The summed E-state index contributed by atoms with van der Waals surface area (Å²) < 4.78 is 0.940. The third-order valence-electron chi connectivity index (χ3n) is 3.84. The van der Waals surface area contributed by atoms with Crippen LogP contribution in [0.5, 0.6) is 0 Å². The predicted molar refractivity (Wildman–Crippen MR) is 88.9 cm³/mol. The van der Waals surface area contributed by atoms with E-state index in [0.29, 0.717) is 11.6 Å². The molecule has 2 heterocycles. The summed E-state index contributed by atoms with van der Waals surface area (Å²) in [6, 6.07) is 5.97. The van der Waals surface area contributed by atoms with Crippen LogP contribution in [0.15, 0.2) is 22.7 Å². The highest BCUT2D eigenvalue weighted by Crippen LogP contribution is 2.21. The Morgan fingerprint density at radius 1 is 1.48 bits per heavy atom. The van der Waals surface area contributed by atoms with Crippen molar-refractivity contribution in [2.45, 2.75) is 19.4 Å². The molecule has 7 heteroatoms. The maximum atomic E-state index is 12.4. The highest BCUT2D eigenvalue weighted by atomic mass is 79.9. The van der Waals surface area contributed by atoms with Crippen molar-refractivity contribution >= 4 is 45.1 Å². The van der Waals surface area contributed by atoms with Crippen molar-refractivity contribution in [3.63, 3.8) is 0 Å². The molecule has 21 heavy (non-hydrogen) atoms. The summed E-state index contributed by atoms with van der Waals surface area (Å²) in [5.74, 6) is 0.331. The fourth-order valence-corrected chi connectivity index (χ4v) is 2.99. The van der Waals surface area contributed by atoms with Gasteiger partial charge >= 0.3 is 0 Å². The zero-order chi connectivity index (χ0) is 14.1. The largest absolute Gasteiger partial charge is 0.348 e. The second-order valence-corrected chi connectivity index (χ2v) is 6.23. The lowest BCUT2D eigenvalue weighted by molar-refractivity contribution is 0.0910. The maximum Gasteiger partial charge on any atom is 0.272 e. The van der Waals surface area contributed by atoms with Gasteiger partial charge in [0.05, 0.1) is 5.52 Å². The van der Waals surface area contributed by atoms with Crippen molar-refractivity contribution < 1.29 is 4.79 Å². The van der Waals surface area contributed by atoms with Crippen LogP contribution < -0.4 is 10.6 Å². The van der Waals surface area contributed by atoms with Crippen LogP contribution in [0.1, 0.15) is 23.8 Å². The van der Waals surface area contributed by atoms with E-state index in [1.807, 2.05) is 18.2 Å². The van der Waals surface area contributed by atoms with Gasteiger partial charge < -0.3 is 10.6 Å². The summed E-state index contributed by atoms with van der Waals surface area (Å²) >= 11 is 3.43. The first-order valence-corrected chi connectivity index (χ1v) is 7.59. The van der Waals surface area contributed by atoms with E-state index >= 15 is 0 Å². The van der Waals surface area contributed by atoms with Gasteiger partial charge in [-0.1, -0.05) is 22.9 Å². The third-order valence-corrected chi connectivity index (χ3v) is 4.34. The number of amides is 1. The second-order valence-electron chi connectivity index (χ2n) is 5.31. The van der Waals surface area contributed by atoms with Crippen molar-refractivity contribution in [1.82, 2.24) is 20.8 Å². The summed E-state index contributed by atoms with van der Waals surface area (Å²) in [5, 5.41) is 14.3. The van der Waals surface area contributed by atoms with E-state index in [0.717, 1.165) is 34.9 Å². The lowest BCUT2D eigenvalue weighted by Gasteiger charge is -2.29. The van der Waals surface area contributed by atoms with Gasteiger partial charge in [-0.2, -0.15) is 5.10 Å². The molecule has 0 spiro atoms. The molecular weight excluding hydrogens is 356 g/mol. The second kappa shape index (κ2) is 6.77. The summed E-state index contributed by atoms with van der Waals surface area (Å²) in [6.45, 7) is 4.04. The quantitative estimate of drug-likeness (QED) is 0.757. The third kappa shape index (κ3) is 3.39. The molecule has 1 aliphatic heterocycles. The molecule has 3 N–H and O–H groups in total. The molecule has 1 aromatic carbocycles. The molecule has 114 valence electrons. The van der Waals surface area contributed by atoms with Crippen molar-refractivity contribution in [2.75, 3.05) is 13.1 Å². The van der Waals surface area contributed by atoms with Crippen LogP contribution in [0, 0.1) is 5.92 Å². The minimum atomic E-state index is -0.104. The van der Waals surface area contributed by atoms with Gasteiger partial charge in [-0.25, -0.2) is 0 Å². The van der Waals surface area contributed by atoms with Crippen LogP contribution in [-0.4, -0.2) is 35.2 Å². The lowest BCUT2D eigenvalue weighted by Crippen LogP contribution is -2.48. The van der Waals surface area contributed by atoms with E-state index in [9.17, 15) is 4.79 Å². The molecule has 1 saturated heterocycles. The topological polar surface area (TPSA) is 69.8 Å². The summed E-state index contributed by atoms with van der Waals surface area (Å²) in [7, 11) is 0. The number of piperidine rings is 1. The molecule has 1 aliphatic rings. The molecular formula is C14H18BrClN4O. The number of aromatic amines is 1. The highest BCUT2D eigenvalue weighted by molar-refractivity contribution is 9.10. The molecule has 0 radical (unpaired) electrons. The van der Waals surface area contributed by atoms with E-state index < -0.39 is 0 Å². The minimum Gasteiger partial charge on any atom is -0.348 e. The van der Waals surface area contributed by atoms with E-state index in [1.165, 1.54) is 0 Å². The van der Waals surface area contributed by atoms with Gasteiger partial charge in [0.2, 0.25) is 0 Å². The molecule has 5 nitrogen and oxygen atoms in total. The summed E-state index contributed by atoms with van der Waals surface area (Å²) in [6.07, 6.45) is 0.957. The Kier molecular flexibility index (Phi) is 5.24. The zero-order valence-electron chi connectivity index (χ0n) is 11.6. The number of halogens is 2. The van der Waals surface area contributed by atoms with E-state index in [2.05, 4.69) is 43.7 Å². The fraction of sp³-hybridized carbons (Fsp3) is 0.429. The number of nitrogens with zero attached hydrogens (tertiary/aromatic N) is 1. The van der Waals surface area contributed by atoms with Crippen LogP contribution >= 0.6 is 28.3 Å². The average molecular weight is 374 g/mol. The first-order chi connectivity index (χ1) is 9.65. The first kappa shape index (κ1) is 16.3. The number of benzene rings is 1. The van der Waals surface area contributed by atoms with Gasteiger partial charge in [-0.15, -0.1) is 12.4 Å². The van der Waals surface area contributed by atoms with E-state index in [4.69, 9.17) is 0 Å². The maximum absolute atomic E-state index is 12.4. The normalized spacial score (nSPS) is 21.8. The van der Waals surface area contributed by atoms with Crippen LogP contribution in [0.4, 0.5) is 0 Å². The molecule has 1 amide bonds. The van der Waals surface area contributed by atoms with Crippen LogP contribution in [0.3, 0.4) is 0 Å². The van der Waals surface area contributed by atoms with Gasteiger partial charge in [-0.05, 0) is 43.6 Å². The molecule has 0 aliphatic carbocycles. The Hall–Kier alpha value is -1.11. The number of carbonyl (C=O) groups is 1. The highest BCUT2D eigenvalue weighted by Gasteiger charge is 2.24. The Morgan fingerprint density at radius 2 is 2.29 bits per heavy atom. The number of aromatic nitrogens is 2. The van der Waals surface area contributed by atoms with Gasteiger partial charge in [0.1, 0.15) is 0 Å². The van der Waals surface area contributed by atoms with Gasteiger partial charge in [0, 0.05) is 15.9 Å². The number of hydrogen-bond donors (Lipinski definition) is 3. The van der Waals surface area contributed by atoms with Gasteiger partial charge in [-0.3, -0.25) is 9.89 Å². The van der Waals surface area contributed by atoms with Gasteiger partial charge in [0.15, 0.2) is 5.69 Å². The average Bonchev–Trinajstić information content (AvgIpc) is 2.84. The Bertz CT molecular complexity index is 645. The zero-order valence-corrected chi connectivity index (χ0v) is 14.1. The minimum absolute atomic E-state index is 0. The number of carbonyl (C=O) groups excluding carboxylic acids is 1. The summed E-state index contributed by atoms with van der Waals surface area (Å²) in [4.78, 5) is 12.4. The smallest absolute Gasteiger partial charge is 0.272 e. The number of H-pyrrole nitrogens is 1. The van der Waals surface area contributed by atoms with Crippen molar-refractivity contribution in [3.8, 4) is 0 Å². The Morgan fingerprint density at radius 3 is 3.05 bits per heavy atom. The van der Waals surface area contributed by atoms with Crippen LogP contribution in [0.25, 0.3) is 10.9 Å². The van der Waals surface area contributed by atoms with Gasteiger partial charge in [0.25, 0.3) is 5.91 Å². The first-order valence-electron chi connectivity index (χ1n) is 6.80. The van der Waals surface area contributed by atoms with E-state index in [1.54, 1.807) is 0 Å². The summed E-state index contributed by atoms with van der Waals surface area (Å²) in [5.41, 5.74) is 1.34. The van der Waals surface area contributed by atoms with E-state index in [-0.39, 0.29) is 24.4 Å². The number of fused-ring (bicyclic) bond motifs is 1. The number of nitrogens with one attached hydrogen (secondary N) is 3. The molecule has 1 fully saturated rings. The number of rotatable bonds is 2. The molecule has 2 aromatic rings. The van der Waals surface area contributed by atoms with Crippen molar-refractivity contribution in [1.29, 1.82) is 0 Å². The molecule has 2 unspecified atom stereocenters. The molecule has 1 aromatic heterocycles. The predicted octanol–water partition coefficient (Wildman–Crippen LogP) is 2.48. The van der Waals surface area contributed by atoms with Crippen LogP contribution in [0.2, 0.25) is 0 Å². The molecule has 0 saturated carbocycles. The Balaban J connectivity index is 0.00000161. The molecule has 0 bridgehead atoms. The Labute approximate surface area is 137 Å². The molecule has 3 rings (SSSR count).